The van der Waals surface area contributed by atoms with Crippen LogP contribution in [0.5, 0.6) is 5.75 Å². The van der Waals surface area contributed by atoms with E-state index in [0.29, 0.717) is 29.2 Å². The number of thioether (sulfide) groups is 1. The molecule has 0 spiro atoms. The van der Waals surface area contributed by atoms with E-state index in [4.69, 9.17) is 4.74 Å². The first-order chi connectivity index (χ1) is 12.0. The van der Waals surface area contributed by atoms with Crippen LogP contribution in [0.1, 0.15) is 22.8 Å². The third kappa shape index (κ3) is 5.60. The molecule has 132 valence electrons. The van der Waals surface area contributed by atoms with Crippen molar-refractivity contribution in [2.24, 2.45) is 0 Å². The van der Waals surface area contributed by atoms with Crippen LogP contribution in [0, 0.1) is 12.7 Å². The number of carbonyl (C=O) groups excluding carboxylic acids is 2. The molecule has 0 fully saturated rings. The monoisotopic (exact) mass is 361 g/mol. The molecule has 0 aliphatic carbocycles. The number of anilines is 1. The van der Waals surface area contributed by atoms with E-state index in [1.165, 1.54) is 30.0 Å². The summed E-state index contributed by atoms with van der Waals surface area (Å²) in [6.45, 7) is 3.99. The van der Waals surface area contributed by atoms with Gasteiger partial charge in [0.15, 0.2) is 5.78 Å². The van der Waals surface area contributed by atoms with Crippen LogP contribution in [0.4, 0.5) is 10.1 Å². The maximum atomic E-state index is 13.2. The van der Waals surface area contributed by atoms with Crippen LogP contribution in [0.3, 0.4) is 0 Å². The summed E-state index contributed by atoms with van der Waals surface area (Å²) in [6.07, 6.45) is 0. The number of carbonyl (C=O) groups is 2. The SMILES string of the molecule is CCOc1ccccc1NC(=O)CSCC(=O)c1ccc(F)c(C)c1. The zero-order valence-electron chi connectivity index (χ0n) is 14.2. The van der Waals surface area contributed by atoms with Crippen molar-refractivity contribution in [2.75, 3.05) is 23.4 Å². The quantitative estimate of drug-likeness (QED) is 0.720. The van der Waals surface area contributed by atoms with E-state index in [2.05, 4.69) is 5.32 Å². The second kappa shape index (κ2) is 9.22. The molecule has 6 heteroatoms. The molecule has 25 heavy (non-hydrogen) atoms. The number of ether oxygens (including phenoxy) is 1. The molecule has 0 radical (unpaired) electrons. The lowest BCUT2D eigenvalue weighted by Crippen LogP contribution is -2.16. The van der Waals surface area contributed by atoms with Crippen LogP contribution in [0.2, 0.25) is 0 Å². The van der Waals surface area contributed by atoms with Crippen LogP contribution in [-0.4, -0.2) is 29.8 Å². The zero-order chi connectivity index (χ0) is 18.2. The molecule has 0 aliphatic heterocycles. The van der Waals surface area contributed by atoms with Crippen molar-refractivity contribution in [2.45, 2.75) is 13.8 Å². The number of rotatable bonds is 8. The maximum Gasteiger partial charge on any atom is 0.234 e. The van der Waals surface area contributed by atoms with Crippen LogP contribution in [0.25, 0.3) is 0 Å². The number of nitrogens with one attached hydrogen (secondary N) is 1. The number of hydrogen-bond donors (Lipinski definition) is 1. The van der Waals surface area contributed by atoms with E-state index in [0.717, 1.165) is 0 Å². The van der Waals surface area contributed by atoms with Crippen molar-refractivity contribution in [1.82, 2.24) is 0 Å². The Morgan fingerprint density at radius 3 is 2.64 bits per heavy atom. The Bertz CT molecular complexity index is 764. The molecular weight excluding hydrogens is 341 g/mol. The summed E-state index contributed by atoms with van der Waals surface area (Å²) in [5.41, 5.74) is 1.49. The molecule has 0 aliphatic rings. The zero-order valence-corrected chi connectivity index (χ0v) is 15.0. The minimum Gasteiger partial charge on any atom is -0.492 e. The van der Waals surface area contributed by atoms with Gasteiger partial charge < -0.3 is 10.1 Å². The van der Waals surface area contributed by atoms with Crippen molar-refractivity contribution < 1.29 is 18.7 Å². The maximum absolute atomic E-state index is 13.2. The van der Waals surface area contributed by atoms with Crippen molar-refractivity contribution in [3.05, 3.63) is 59.4 Å². The van der Waals surface area contributed by atoms with Gasteiger partial charge in [-0.1, -0.05) is 12.1 Å². The Hall–Kier alpha value is -2.34. The summed E-state index contributed by atoms with van der Waals surface area (Å²) >= 11 is 1.22. The first-order valence-corrected chi connectivity index (χ1v) is 9.05. The Morgan fingerprint density at radius 2 is 1.92 bits per heavy atom. The first kappa shape index (κ1) is 19.0. The third-order valence-corrected chi connectivity index (χ3v) is 4.34. The van der Waals surface area contributed by atoms with Crippen molar-refractivity contribution >= 4 is 29.1 Å². The van der Waals surface area contributed by atoms with Gasteiger partial charge in [0.2, 0.25) is 5.91 Å². The molecule has 0 aromatic heterocycles. The Kier molecular flexibility index (Phi) is 7.01. The second-order valence-corrected chi connectivity index (χ2v) is 6.34. The van der Waals surface area contributed by atoms with E-state index >= 15 is 0 Å². The van der Waals surface area contributed by atoms with Crippen LogP contribution in [0.15, 0.2) is 42.5 Å². The standard InChI is InChI=1S/C19H20FNO3S/c1-3-24-18-7-5-4-6-16(18)21-19(23)12-25-11-17(22)14-8-9-15(20)13(2)10-14/h4-10H,3,11-12H2,1-2H3,(H,21,23). The van der Waals surface area contributed by atoms with Gasteiger partial charge in [0.1, 0.15) is 11.6 Å². The highest BCUT2D eigenvalue weighted by molar-refractivity contribution is 8.00. The Balaban J connectivity index is 1.84. The summed E-state index contributed by atoms with van der Waals surface area (Å²) in [7, 11) is 0. The summed E-state index contributed by atoms with van der Waals surface area (Å²) < 4.78 is 18.7. The third-order valence-electron chi connectivity index (χ3n) is 3.41. The van der Waals surface area contributed by atoms with E-state index in [9.17, 15) is 14.0 Å². The molecule has 0 atom stereocenters. The summed E-state index contributed by atoms with van der Waals surface area (Å²) in [6, 6.07) is 11.5. The fourth-order valence-electron chi connectivity index (χ4n) is 2.18. The van der Waals surface area contributed by atoms with E-state index in [-0.39, 0.29) is 29.0 Å². The lowest BCUT2D eigenvalue weighted by molar-refractivity contribution is -0.113. The molecular formula is C19H20FNO3S. The van der Waals surface area contributed by atoms with Gasteiger partial charge in [-0.05, 0) is 49.7 Å². The summed E-state index contributed by atoms with van der Waals surface area (Å²) in [5.74, 6) is 0.242. The van der Waals surface area contributed by atoms with Gasteiger partial charge in [0, 0.05) is 5.56 Å². The highest BCUT2D eigenvalue weighted by atomic mass is 32.2. The van der Waals surface area contributed by atoms with E-state index in [1.807, 2.05) is 19.1 Å². The Morgan fingerprint density at radius 1 is 1.16 bits per heavy atom. The van der Waals surface area contributed by atoms with Gasteiger partial charge in [0.05, 0.1) is 23.8 Å². The van der Waals surface area contributed by atoms with Crippen LogP contribution in [-0.2, 0) is 4.79 Å². The average molecular weight is 361 g/mol. The number of halogens is 1. The number of para-hydroxylation sites is 2. The van der Waals surface area contributed by atoms with Crippen molar-refractivity contribution in [3.8, 4) is 5.75 Å². The lowest BCUT2D eigenvalue weighted by atomic mass is 10.1. The fourth-order valence-corrected chi connectivity index (χ4v) is 2.89. The molecule has 0 saturated heterocycles. The normalized spacial score (nSPS) is 10.4. The number of amides is 1. The van der Waals surface area contributed by atoms with Gasteiger partial charge in [-0.15, -0.1) is 11.8 Å². The number of benzene rings is 2. The van der Waals surface area contributed by atoms with Crippen molar-refractivity contribution in [3.63, 3.8) is 0 Å². The molecule has 0 bridgehead atoms. The molecule has 0 unspecified atom stereocenters. The molecule has 0 saturated carbocycles. The topological polar surface area (TPSA) is 55.4 Å². The minimum absolute atomic E-state index is 0.129. The van der Waals surface area contributed by atoms with Gasteiger partial charge in [0.25, 0.3) is 0 Å². The largest absolute Gasteiger partial charge is 0.492 e. The molecule has 2 aromatic carbocycles. The number of hydrogen-bond acceptors (Lipinski definition) is 4. The predicted molar refractivity (Wildman–Crippen MR) is 99.0 cm³/mol. The predicted octanol–water partition coefficient (Wildman–Crippen LogP) is 4.09. The van der Waals surface area contributed by atoms with Crippen LogP contribution < -0.4 is 10.1 Å². The molecule has 2 aromatic rings. The van der Waals surface area contributed by atoms with Gasteiger partial charge in [-0.3, -0.25) is 9.59 Å². The molecule has 1 amide bonds. The van der Waals surface area contributed by atoms with Gasteiger partial charge in [-0.2, -0.15) is 0 Å². The van der Waals surface area contributed by atoms with E-state index in [1.54, 1.807) is 19.1 Å². The smallest absolute Gasteiger partial charge is 0.234 e. The second-order valence-electron chi connectivity index (χ2n) is 5.36. The summed E-state index contributed by atoms with van der Waals surface area (Å²) in [4.78, 5) is 24.1. The highest BCUT2D eigenvalue weighted by Gasteiger charge is 2.11. The highest BCUT2D eigenvalue weighted by Crippen LogP contribution is 2.23. The minimum atomic E-state index is -0.337. The molecule has 1 N–H and O–H groups in total. The van der Waals surface area contributed by atoms with E-state index < -0.39 is 0 Å². The van der Waals surface area contributed by atoms with Crippen LogP contribution >= 0.6 is 11.8 Å². The first-order valence-electron chi connectivity index (χ1n) is 7.90. The number of aryl methyl sites for hydroxylation is 1. The fraction of sp³-hybridized carbons (Fsp3) is 0.263. The average Bonchev–Trinajstić information content (AvgIpc) is 2.59. The molecule has 2 rings (SSSR count). The number of ketones is 1. The Labute approximate surface area is 150 Å². The number of Topliss-reactive ketones (excluding diaryl/α,β-unsaturated/α-hetero) is 1. The molecule has 4 nitrogen and oxygen atoms in total. The van der Waals surface area contributed by atoms with Crippen molar-refractivity contribution in [1.29, 1.82) is 0 Å². The molecule has 0 heterocycles. The van der Waals surface area contributed by atoms with Gasteiger partial charge in [-0.25, -0.2) is 4.39 Å². The van der Waals surface area contributed by atoms with Gasteiger partial charge >= 0.3 is 0 Å². The summed E-state index contributed by atoms with van der Waals surface area (Å²) in [5, 5.41) is 2.78. The lowest BCUT2D eigenvalue weighted by Gasteiger charge is -2.11.